The molecule has 2 aromatic carbocycles. The summed E-state index contributed by atoms with van der Waals surface area (Å²) in [5.74, 6) is 1.89. The molecule has 1 aromatic heterocycles. The minimum Gasteiger partial charge on any atom is -0.496 e. The minimum atomic E-state index is 0.734. The van der Waals surface area contributed by atoms with E-state index in [4.69, 9.17) is 21.4 Å². The molecule has 24 heavy (non-hydrogen) atoms. The third-order valence-electron chi connectivity index (χ3n) is 4.40. The largest absolute Gasteiger partial charge is 0.496 e. The van der Waals surface area contributed by atoms with Gasteiger partial charge in [-0.1, -0.05) is 23.7 Å². The first-order valence-corrected chi connectivity index (χ1v) is 8.32. The van der Waals surface area contributed by atoms with E-state index in [0.717, 1.165) is 52.1 Å². The first-order chi connectivity index (χ1) is 11.7. The fraction of sp³-hybridized carbons (Fsp3) is 0.211. The minimum absolute atomic E-state index is 0.734. The summed E-state index contributed by atoms with van der Waals surface area (Å²) >= 11 is 6.10. The predicted molar refractivity (Wildman–Crippen MR) is 97.5 cm³/mol. The number of nitrogens with one attached hydrogen (secondary N) is 1. The normalized spacial score (nSPS) is 12.8. The number of benzene rings is 2. The Hall–Kier alpha value is -2.46. The number of hydrogen-bond donors (Lipinski definition) is 1. The average molecular weight is 340 g/mol. The number of aromatic nitrogens is 2. The Morgan fingerprint density at radius 3 is 2.83 bits per heavy atom. The van der Waals surface area contributed by atoms with Crippen LogP contribution in [0, 0.1) is 6.92 Å². The van der Waals surface area contributed by atoms with Gasteiger partial charge in [0.15, 0.2) is 0 Å². The zero-order chi connectivity index (χ0) is 16.7. The highest BCUT2D eigenvalue weighted by Gasteiger charge is 2.25. The molecular formula is C19H18ClN3O. The van der Waals surface area contributed by atoms with Crippen LogP contribution in [0.2, 0.25) is 5.02 Å². The number of halogens is 1. The molecule has 2 heterocycles. The van der Waals surface area contributed by atoms with E-state index in [-0.39, 0.29) is 0 Å². The smallest absolute Gasteiger partial charge is 0.133 e. The van der Waals surface area contributed by atoms with Gasteiger partial charge in [0.05, 0.1) is 12.8 Å². The molecule has 1 aliphatic rings. The predicted octanol–water partition coefficient (Wildman–Crippen LogP) is 4.48. The number of hydrogen-bond acceptors (Lipinski definition) is 3. The van der Waals surface area contributed by atoms with Crippen molar-refractivity contribution in [1.29, 1.82) is 0 Å². The van der Waals surface area contributed by atoms with Crippen LogP contribution in [0.3, 0.4) is 0 Å². The molecule has 0 unspecified atom stereocenters. The Kier molecular flexibility index (Phi) is 3.69. The molecule has 0 fully saturated rings. The summed E-state index contributed by atoms with van der Waals surface area (Å²) in [6.07, 6.45) is 0.954. The average Bonchev–Trinajstić information content (AvgIpc) is 3.18. The van der Waals surface area contributed by atoms with E-state index >= 15 is 0 Å². The Morgan fingerprint density at radius 2 is 2.04 bits per heavy atom. The summed E-state index contributed by atoms with van der Waals surface area (Å²) in [4.78, 5) is 0. The molecule has 0 aliphatic carbocycles. The molecule has 0 bridgehead atoms. The second-order valence-electron chi connectivity index (χ2n) is 5.90. The molecule has 0 saturated heterocycles. The van der Waals surface area contributed by atoms with E-state index in [1.54, 1.807) is 7.11 Å². The Labute approximate surface area is 146 Å². The van der Waals surface area contributed by atoms with E-state index in [1.807, 2.05) is 48.0 Å². The van der Waals surface area contributed by atoms with Gasteiger partial charge < -0.3 is 10.1 Å². The fourth-order valence-electron chi connectivity index (χ4n) is 3.26. The number of aryl methyl sites for hydroxylation is 1. The van der Waals surface area contributed by atoms with Crippen molar-refractivity contribution in [3.63, 3.8) is 0 Å². The number of anilines is 1. The summed E-state index contributed by atoms with van der Waals surface area (Å²) < 4.78 is 7.51. The van der Waals surface area contributed by atoms with Crippen molar-refractivity contribution in [1.82, 2.24) is 9.78 Å². The maximum Gasteiger partial charge on any atom is 0.133 e. The Morgan fingerprint density at radius 1 is 1.21 bits per heavy atom. The van der Waals surface area contributed by atoms with Crippen LogP contribution in [0.1, 0.15) is 11.1 Å². The van der Waals surface area contributed by atoms with Crippen LogP contribution < -0.4 is 10.1 Å². The van der Waals surface area contributed by atoms with E-state index in [2.05, 4.69) is 11.4 Å². The first kappa shape index (κ1) is 15.1. The third kappa shape index (κ3) is 2.34. The van der Waals surface area contributed by atoms with Crippen molar-refractivity contribution in [2.45, 2.75) is 13.3 Å². The molecule has 4 nitrogen and oxygen atoms in total. The van der Waals surface area contributed by atoms with Gasteiger partial charge >= 0.3 is 0 Å². The molecule has 0 atom stereocenters. The highest BCUT2D eigenvalue weighted by molar-refractivity contribution is 6.30. The van der Waals surface area contributed by atoms with Gasteiger partial charge in [-0.3, -0.25) is 0 Å². The van der Waals surface area contributed by atoms with Crippen LogP contribution in [-0.4, -0.2) is 23.4 Å². The summed E-state index contributed by atoms with van der Waals surface area (Å²) in [7, 11) is 1.69. The van der Waals surface area contributed by atoms with Crippen molar-refractivity contribution in [3.8, 4) is 22.7 Å². The molecule has 0 spiro atoms. The third-order valence-corrected chi connectivity index (χ3v) is 4.64. The summed E-state index contributed by atoms with van der Waals surface area (Å²) in [6.45, 7) is 2.97. The molecule has 122 valence electrons. The summed E-state index contributed by atoms with van der Waals surface area (Å²) in [5.41, 5.74) is 5.35. The van der Waals surface area contributed by atoms with Gasteiger partial charge in [0.1, 0.15) is 17.3 Å². The topological polar surface area (TPSA) is 39.1 Å². The Balaban J connectivity index is 1.93. The maximum atomic E-state index is 6.10. The van der Waals surface area contributed by atoms with Crippen LogP contribution in [0.15, 0.2) is 42.5 Å². The van der Waals surface area contributed by atoms with E-state index in [1.165, 1.54) is 5.56 Å². The Bertz CT molecular complexity index is 917. The zero-order valence-electron chi connectivity index (χ0n) is 13.6. The van der Waals surface area contributed by atoms with E-state index in [0.29, 0.717) is 0 Å². The number of fused-ring (bicyclic) bond motifs is 1. The molecule has 3 aromatic rings. The number of para-hydroxylation sites is 1. The molecule has 5 heteroatoms. The van der Waals surface area contributed by atoms with Gasteiger partial charge in [0.2, 0.25) is 0 Å². The van der Waals surface area contributed by atoms with Crippen LogP contribution in [0.5, 0.6) is 5.75 Å². The second-order valence-corrected chi connectivity index (χ2v) is 6.33. The van der Waals surface area contributed by atoms with Gasteiger partial charge in [-0.2, -0.15) is 5.10 Å². The molecule has 4 rings (SSSR count). The van der Waals surface area contributed by atoms with Crippen LogP contribution in [0.4, 0.5) is 5.82 Å². The SMILES string of the molecule is COc1ccccc1-c1nn(-c2ccc(Cl)cc2C)c2c1CCN2. The molecule has 0 radical (unpaired) electrons. The zero-order valence-corrected chi connectivity index (χ0v) is 14.4. The number of rotatable bonds is 3. The lowest BCUT2D eigenvalue weighted by molar-refractivity contribution is 0.416. The van der Waals surface area contributed by atoms with Gasteiger partial charge in [0.25, 0.3) is 0 Å². The van der Waals surface area contributed by atoms with Gasteiger partial charge in [-0.25, -0.2) is 4.68 Å². The fourth-order valence-corrected chi connectivity index (χ4v) is 3.49. The molecule has 0 amide bonds. The second kappa shape index (κ2) is 5.87. The molecular weight excluding hydrogens is 322 g/mol. The maximum absolute atomic E-state index is 6.10. The number of ether oxygens (including phenoxy) is 1. The van der Waals surface area contributed by atoms with Gasteiger partial charge in [-0.15, -0.1) is 0 Å². The first-order valence-electron chi connectivity index (χ1n) is 7.94. The lowest BCUT2D eigenvalue weighted by atomic mass is 10.1. The summed E-state index contributed by atoms with van der Waals surface area (Å²) in [6, 6.07) is 13.9. The van der Waals surface area contributed by atoms with E-state index < -0.39 is 0 Å². The van der Waals surface area contributed by atoms with Crippen LogP contribution >= 0.6 is 11.6 Å². The highest BCUT2D eigenvalue weighted by atomic mass is 35.5. The van der Waals surface area contributed by atoms with Crippen LogP contribution in [0.25, 0.3) is 16.9 Å². The standard InChI is InChI=1S/C19H18ClN3O/c1-12-11-13(20)7-8-16(12)23-19-15(9-10-21-19)18(22-23)14-5-3-4-6-17(14)24-2/h3-8,11,21H,9-10H2,1-2H3. The number of methoxy groups -OCH3 is 1. The van der Waals surface area contributed by atoms with Crippen LogP contribution in [-0.2, 0) is 6.42 Å². The molecule has 1 aliphatic heterocycles. The summed E-state index contributed by atoms with van der Waals surface area (Å²) in [5, 5.41) is 9.10. The molecule has 1 N–H and O–H groups in total. The van der Waals surface area contributed by atoms with Gasteiger partial charge in [-0.05, 0) is 49.2 Å². The van der Waals surface area contributed by atoms with Crippen molar-refractivity contribution in [2.24, 2.45) is 0 Å². The highest BCUT2D eigenvalue weighted by Crippen LogP contribution is 2.38. The van der Waals surface area contributed by atoms with Crippen molar-refractivity contribution in [3.05, 3.63) is 58.6 Å². The van der Waals surface area contributed by atoms with Crippen molar-refractivity contribution >= 4 is 17.4 Å². The monoisotopic (exact) mass is 339 g/mol. The number of nitrogens with zero attached hydrogens (tertiary/aromatic N) is 2. The lowest BCUT2D eigenvalue weighted by Crippen LogP contribution is -2.05. The molecule has 0 saturated carbocycles. The van der Waals surface area contributed by atoms with Crippen molar-refractivity contribution in [2.75, 3.05) is 19.0 Å². The quantitative estimate of drug-likeness (QED) is 0.764. The lowest BCUT2D eigenvalue weighted by Gasteiger charge is -2.10. The van der Waals surface area contributed by atoms with Crippen molar-refractivity contribution < 1.29 is 4.74 Å². The van der Waals surface area contributed by atoms with Gasteiger partial charge in [0, 0.05) is 22.7 Å². The van der Waals surface area contributed by atoms with E-state index in [9.17, 15) is 0 Å².